The first kappa shape index (κ1) is 16.9. The van der Waals surface area contributed by atoms with E-state index in [1.807, 2.05) is 30.3 Å². The van der Waals surface area contributed by atoms with Crippen molar-refractivity contribution in [3.63, 3.8) is 0 Å². The third kappa shape index (κ3) is 3.46. The van der Waals surface area contributed by atoms with Gasteiger partial charge >= 0.3 is 0 Å². The molecule has 2 heterocycles. The molecule has 1 fully saturated rings. The summed E-state index contributed by atoms with van der Waals surface area (Å²) in [6, 6.07) is 11.9. The highest BCUT2D eigenvalue weighted by Gasteiger charge is 2.40. The van der Waals surface area contributed by atoms with Gasteiger partial charge in [-0.1, -0.05) is 30.3 Å². The molecule has 0 spiro atoms. The fourth-order valence-electron chi connectivity index (χ4n) is 2.85. The Balaban J connectivity index is 1.88. The van der Waals surface area contributed by atoms with Gasteiger partial charge in [-0.3, -0.25) is 14.4 Å². The molecule has 1 aromatic heterocycles. The number of morpholine rings is 1. The minimum absolute atomic E-state index is 0.144. The average Bonchev–Trinajstić information content (AvgIpc) is 2.60. The van der Waals surface area contributed by atoms with E-state index in [-0.39, 0.29) is 23.8 Å². The number of aromatic amines is 1. The van der Waals surface area contributed by atoms with Crippen LogP contribution in [0, 0.1) is 6.92 Å². The van der Waals surface area contributed by atoms with Gasteiger partial charge in [0, 0.05) is 12.7 Å². The molecule has 0 bridgehead atoms. The second-order valence-corrected chi connectivity index (χ2v) is 5.97. The summed E-state index contributed by atoms with van der Waals surface area (Å²) >= 11 is 0. The van der Waals surface area contributed by atoms with E-state index in [0.717, 1.165) is 5.56 Å². The number of H-pyrrole nitrogens is 1. The van der Waals surface area contributed by atoms with Crippen LogP contribution in [0.15, 0.2) is 47.3 Å². The molecule has 1 saturated heterocycles. The molecule has 2 atom stereocenters. The van der Waals surface area contributed by atoms with E-state index in [2.05, 4.69) is 10.3 Å². The number of amides is 2. The summed E-state index contributed by atoms with van der Waals surface area (Å²) < 4.78 is 5.51. The number of hydrogen-bond acceptors (Lipinski definition) is 4. The minimum Gasteiger partial charge on any atom is -0.356 e. The van der Waals surface area contributed by atoms with Gasteiger partial charge in [-0.15, -0.1) is 0 Å². The van der Waals surface area contributed by atoms with Gasteiger partial charge in [0.25, 0.3) is 11.5 Å². The van der Waals surface area contributed by atoms with Gasteiger partial charge < -0.3 is 19.9 Å². The molecule has 25 heavy (non-hydrogen) atoms. The number of aryl methyl sites for hydroxylation is 1. The minimum atomic E-state index is -0.911. The number of nitrogens with zero attached hydrogens (tertiary/aromatic N) is 1. The largest absolute Gasteiger partial charge is 0.356 e. The second kappa shape index (κ2) is 6.90. The number of aromatic nitrogens is 1. The fraction of sp³-hybridized carbons (Fsp3) is 0.278. The number of anilines is 1. The van der Waals surface area contributed by atoms with E-state index in [1.165, 1.54) is 4.90 Å². The molecular weight excluding hydrogens is 322 g/mol. The Morgan fingerprint density at radius 2 is 1.92 bits per heavy atom. The third-order valence-electron chi connectivity index (χ3n) is 4.20. The average molecular weight is 341 g/mol. The van der Waals surface area contributed by atoms with Crippen LogP contribution in [-0.2, 0) is 14.3 Å². The van der Waals surface area contributed by atoms with Crippen molar-refractivity contribution in [3.05, 3.63) is 64.1 Å². The first-order chi connectivity index (χ1) is 12.0. The standard InChI is InChI=1S/C18H19N3O4/c1-11-8-9-13(17(23)19-11)20-18(24)16-15(12-6-4-3-5-7-12)21(2)14(22)10-25-16/h3-9,15-16H,10H2,1-2H3,(H,19,23)(H,20,24)/t15-,16-/m1/s1. The van der Waals surface area contributed by atoms with Crippen LogP contribution in [0.2, 0.25) is 0 Å². The number of carbonyl (C=O) groups excluding carboxylic acids is 2. The van der Waals surface area contributed by atoms with Crippen molar-refractivity contribution >= 4 is 17.5 Å². The Morgan fingerprint density at radius 3 is 2.60 bits per heavy atom. The zero-order valence-electron chi connectivity index (χ0n) is 14.0. The molecule has 0 saturated carbocycles. The molecule has 1 aliphatic heterocycles. The van der Waals surface area contributed by atoms with Crippen LogP contribution in [-0.4, -0.2) is 41.5 Å². The van der Waals surface area contributed by atoms with Gasteiger partial charge in [0.2, 0.25) is 5.91 Å². The fourth-order valence-corrected chi connectivity index (χ4v) is 2.85. The van der Waals surface area contributed by atoms with E-state index < -0.39 is 18.1 Å². The first-order valence-corrected chi connectivity index (χ1v) is 7.90. The van der Waals surface area contributed by atoms with Crippen molar-refractivity contribution in [1.29, 1.82) is 0 Å². The van der Waals surface area contributed by atoms with E-state index in [1.54, 1.807) is 26.1 Å². The Hall–Kier alpha value is -2.93. The predicted octanol–water partition coefficient (Wildman–Crippen LogP) is 1.22. The molecule has 3 rings (SSSR count). The number of benzene rings is 1. The zero-order chi connectivity index (χ0) is 18.0. The number of nitrogens with one attached hydrogen (secondary N) is 2. The van der Waals surface area contributed by atoms with Crippen LogP contribution in [0.4, 0.5) is 5.69 Å². The van der Waals surface area contributed by atoms with E-state index >= 15 is 0 Å². The molecule has 1 aromatic carbocycles. The van der Waals surface area contributed by atoms with E-state index in [4.69, 9.17) is 4.74 Å². The van der Waals surface area contributed by atoms with Crippen LogP contribution >= 0.6 is 0 Å². The zero-order valence-corrected chi connectivity index (χ0v) is 14.0. The summed E-state index contributed by atoms with van der Waals surface area (Å²) in [4.78, 5) is 40.8. The van der Waals surface area contributed by atoms with Crippen molar-refractivity contribution in [1.82, 2.24) is 9.88 Å². The first-order valence-electron chi connectivity index (χ1n) is 7.90. The number of pyridine rings is 1. The number of likely N-dealkylation sites (N-methyl/N-ethyl adjacent to an activating group) is 1. The Kier molecular flexibility index (Phi) is 4.67. The highest BCUT2D eigenvalue weighted by atomic mass is 16.5. The van der Waals surface area contributed by atoms with Crippen molar-refractivity contribution in [3.8, 4) is 0 Å². The Labute approximate surface area is 144 Å². The number of rotatable bonds is 3. The van der Waals surface area contributed by atoms with Crippen LogP contribution in [0.25, 0.3) is 0 Å². The summed E-state index contributed by atoms with van der Waals surface area (Å²) in [7, 11) is 1.64. The highest BCUT2D eigenvalue weighted by Crippen LogP contribution is 2.29. The molecule has 130 valence electrons. The maximum absolute atomic E-state index is 12.7. The quantitative estimate of drug-likeness (QED) is 0.878. The lowest BCUT2D eigenvalue weighted by atomic mass is 9.97. The third-order valence-corrected chi connectivity index (χ3v) is 4.20. The van der Waals surface area contributed by atoms with Gasteiger partial charge in [-0.2, -0.15) is 0 Å². The van der Waals surface area contributed by atoms with Crippen molar-refractivity contribution in [2.75, 3.05) is 19.0 Å². The maximum atomic E-state index is 12.7. The summed E-state index contributed by atoms with van der Waals surface area (Å²) in [6.07, 6.45) is -0.911. The Bertz CT molecular complexity index is 847. The van der Waals surface area contributed by atoms with Gasteiger partial charge in [0.05, 0.1) is 6.04 Å². The van der Waals surface area contributed by atoms with Gasteiger partial charge in [-0.05, 0) is 24.6 Å². The molecular formula is C18H19N3O4. The normalized spacial score (nSPS) is 20.4. The monoisotopic (exact) mass is 341 g/mol. The summed E-state index contributed by atoms with van der Waals surface area (Å²) in [5, 5.41) is 2.60. The molecule has 7 heteroatoms. The van der Waals surface area contributed by atoms with E-state index in [0.29, 0.717) is 5.69 Å². The molecule has 0 aliphatic carbocycles. The number of hydrogen-bond donors (Lipinski definition) is 2. The van der Waals surface area contributed by atoms with Crippen LogP contribution in [0.1, 0.15) is 17.3 Å². The van der Waals surface area contributed by atoms with Gasteiger partial charge in [0.1, 0.15) is 12.3 Å². The molecule has 0 radical (unpaired) electrons. The smallest absolute Gasteiger partial charge is 0.271 e. The second-order valence-electron chi connectivity index (χ2n) is 5.97. The summed E-state index contributed by atoms with van der Waals surface area (Å²) in [6.45, 7) is 1.57. The Morgan fingerprint density at radius 1 is 1.20 bits per heavy atom. The van der Waals surface area contributed by atoms with E-state index in [9.17, 15) is 14.4 Å². The van der Waals surface area contributed by atoms with Crippen molar-refractivity contribution in [2.45, 2.75) is 19.1 Å². The predicted molar refractivity (Wildman–Crippen MR) is 92.1 cm³/mol. The van der Waals surface area contributed by atoms with Gasteiger partial charge in [-0.25, -0.2) is 0 Å². The topological polar surface area (TPSA) is 91.5 Å². The lowest BCUT2D eigenvalue weighted by Crippen LogP contribution is -2.51. The highest BCUT2D eigenvalue weighted by molar-refractivity contribution is 5.96. The molecule has 2 N–H and O–H groups in total. The van der Waals surface area contributed by atoms with Crippen LogP contribution < -0.4 is 10.9 Å². The van der Waals surface area contributed by atoms with Crippen LogP contribution in [0.3, 0.4) is 0 Å². The molecule has 0 unspecified atom stereocenters. The SMILES string of the molecule is Cc1ccc(NC(=O)[C@@H]2OCC(=O)N(C)[C@@H]2c2ccccc2)c(=O)[nH]1. The molecule has 1 aliphatic rings. The number of ether oxygens (including phenoxy) is 1. The lowest BCUT2D eigenvalue weighted by molar-refractivity contribution is -0.160. The molecule has 2 amide bonds. The summed E-state index contributed by atoms with van der Waals surface area (Å²) in [5.41, 5.74) is 1.25. The molecule has 7 nitrogen and oxygen atoms in total. The van der Waals surface area contributed by atoms with Crippen molar-refractivity contribution < 1.29 is 14.3 Å². The van der Waals surface area contributed by atoms with Crippen molar-refractivity contribution in [2.24, 2.45) is 0 Å². The van der Waals surface area contributed by atoms with Crippen LogP contribution in [0.5, 0.6) is 0 Å². The molecule has 2 aromatic rings. The van der Waals surface area contributed by atoms with Gasteiger partial charge in [0.15, 0.2) is 6.10 Å². The lowest BCUT2D eigenvalue weighted by Gasteiger charge is -2.38. The maximum Gasteiger partial charge on any atom is 0.271 e. The summed E-state index contributed by atoms with van der Waals surface area (Å²) in [5.74, 6) is -0.673. The number of carbonyl (C=O) groups is 2.